The fourth-order valence-electron chi connectivity index (χ4n) is 6.98. The van der Waals surface area contributed by atoms with E-state index in [0.717, 1.165) is 84.1 Å². The molecule has 220 valence electrons. The average molecular weight is 613 g/mol. The third-order valence-corrected chi connectivity index (χ3v) is 12.2. The van der Waals surface area contributed by atoms with Crippen LogP contribution in [0.15, 0.2) is 146 Å². The van der Waals surface area contributed by atoms with Crippen LogP contribution in [0.1, 0.15) is 12.7 Å². The summed E-state index contributed by atoms with van der Waals surface area (Å²) in [6, 6.07) is 49.5. The van der Waals surface area contributed by atoms with Gasteiger partial charge in [0.25, 0.3) is 0 Å². The molecular formula is C40H29N4OP. The van der Waals surface area contributed by atoms with Crippen LogP contribution < -0.4 is 15.9 Å². The van der Waals surface area contributed by atoms with Gasteiger partial charge in [0.05, 0.1) is 27.8 Å². The van der Waals surface area contributed by atoms with E-state index < -0.39 is 7.14 Å². The summed E-state index contributed by atoms with van der Waals surface area (Å²) in [4.78, 5) is 10.2. The van der Waals surface area contributed by atoms with Crippen LogP contribution in [0.4, 0.5) is 0 Å². The number of nitrogens with zero attached hydrogens (tertiary/aromatic N) is 4. The van der Waals surface area contributed by atoms with Crippen LogP contribution >= 0.6 is 7.14 Å². The molecule has 0 saturated heterocycles. The third kappa shape index (κ3) is 3.85. The van der Waals surface area contributed by atoms with E-state index in [-0.39, 0.29) is 0 Å². The van der Waals surface area contributed by atoms with Gasteiger partial charge >= 0.3 is 0 Å². The van der Waals surface area contributed by atoms with Gasteiger partial charge in [-0.15, -0.1) is 0 Å². The van der Waals surface area contributed by atoms with E-state index in [1.165, 1.54) is 0 Å². The van der Waals surface area contributed by atoms with E-state index >= 15 is 4.57 Å². The van der Waals surface area contributed by atoms with Crippen LogP contribution in [0, 0.1) is 0 Å². The second-order valence-corrected chi connectivity index (χ2v) is 14.4. The molecule has 0 N–H and O–H groups in total. The Labute approximate surface area is 266 Å². The van der Waals surface area contributed by atoms with Gasteiger partial charge in [-0.3, -0.25) is 9.13 Å². The monoisotopic (exact) mass is 612 g/mol. The molecule has 9 rings (SSSR count). The molecule has 0 bridgehead atoms. The van der Waals surface area contributed by atoms with Crippen molar-refractivity contribution in [3.8, 4) is 33.9 Å². The number of aromatic nitrogens is 4. The number of hydrogen-bond acceptors (Lipinski definition) is 3. The maximum absolute atomic E-state index is 15.6. The molecule has 0 spiro atoms. The lowest BCUT2D eigenvalue weighted by molar-refractivity contribution is 0.592. The summed E-state index contributed by atoms with van der Waals surface area (Å²) in [5, 5.41) is 2.53. The SMILES string of the molecule is CCc1nc2cc(-c3ccc(-c4nc5ccccc5n4-c4ccccc4)cc3)cc3c2n1-c1ccccc1P3(=O)c1ccccc1. The summed E-state index contributed by atoms with van der Waals surface area (Å²) in [6.07, 6.45) is 0.768. The molecule has 1 aliphatic rings. The van der Waals surface area contributed by atoms with Gasteiger partial charge in [0.2, 0.25) is 0 Å². The lowest BCUT2D eigenvalue weighted by Crippen LogP contribution is -2.33. The van der Waals surface area contributed by atoms with Crippen LogP contribution in [-0.2, 0) is 11.0 Å². The topological polar surface area (TPSA) is 52.7 Å². The summed E-state index contributed by atoms with van der Waals surface area (Å²) in [5.74, 6) is 1.86. The molecule has 6 heteroatoms. The lowest BCUT2D eigenvalue weighted by atomic mass is 10.0. The van der Waals surface area contributed by atoms with E-state index in [1.807, 2.05) is 60.7 Å². The number of aryl methyl sites for hydroxylation is 1. The highest BCUT2D eigenvalue weighted by Crippen LogP contribution is 2.50. The minimum absolute atomic E-state index is 0.768. The predicted molar refractivity (Wildman–Crippen MR) is 189 cm³/mol. The second-order valence-electron chi connectivity index (χ2n) is 11.7. The van der Waals surface area contributed by atoms with E-state index in [9.17, 15) is 0 Å². The molecule has 1 aliphatic heterocycles. The van der Waals surface area contributed by atoms with Crippen molar-refractivity contribution in [3.63, 3.8) is 0 Å². The zero-order chi connectivity index (χ0) is 30.8. The van der Waals surface area contributed by atoms with Crippen molar-refractivity contribution >= 4 is 45.1 Å². The molecule has 5 nitrogen and oxygen atoms in total. The highest BCUT2D eigenvalue weighted by atomic mass is 31.2. The van der Waals surface area contributed by atoms with Gasteiger partial charge in [-0.2, -0.15) is 0 Å². The van der Waals surface area contributed by atoms with Crippen LogP contribution in [-0.4, -0.2) is 19.1 Å². The summed E-state index contributed by atoms with van der Waals surface area (Å²) in [7, 11) is -3.20. The van der Waals surface area contributed by atoms with Crippen molar-refractivity contribution in [2.75, 3.05) is 0 Å². The van der Waals surface area contributed by atoms with Crippen molar-refractivity contribution in [2.45, 2.75) is 13.3 Å². The molecule has 0 fully saturated rings. The highest BCUT2D eigenvalue weighted by Gasteiger charge is 2.40. The number of imidazole rings is 2. The number of rotatable bonds is 5. The number of benzene rings is 6. The molecule has 0 radical (unpaired) electrons. The Balaban J connectivity index is 1.24. The molecule has 0 saturated carbocycles. The zero-order valence-corrected chi connectivity index (χ0v) is 26.1. The predicted octanol–water partition coefficient (Wildman–Crippen LogP) is 8.21. The van der Waals surface area contributed by atoms with Crippen molar-refractivity contribution in [1.29, 1.82) is 0 Å². The van der Waals surface area contributed by atoms with Gasteiger partial charge in [-0.25, -0.2) is 9.97 Å². The Morgan fingerprint density at radius 2 is 1.26 bits per heavy atom. The molecule has 3 heterocycles. The Bertz CT molecular complexity index is 2480. The van der Waals surface area contributed by atoms with Gasteiger partial charge < -0.3 is 4.57 Å². The first kappa shape index (κ1) is 26.9. The van der Waals surface area contributed by atoms with E-state index in [2.05, 4.69) is 101 Å². The molecule has 46 heavy (non-hydrogen) atoms. The fourth-order valence-corrected chi connectivity index (χ4v) is 10.0. The maximum Gasteiger partial charge on any atom is 0.175 e. The van der Waals surface area contributed by atoms with Gasteiger partial charge in [0.1, 0.15) is 11.6 Å². The largest absolute Gasteiger partial charge is 0.308 e. The van der Waals surface area contributed by atoms with E-state index in [0.29, 0.717) is 0 Å². The summed E-state index contributed by atoms with van der Waals surface area (Å²) in [5.41, 5.74) is 8.91. The van der Waals surface area contributed by atoms with Gasteiger partial charge in [-0.05, 0) is 59.7 Å². The summed E-state index contributed by atoms with van der Waals surface area (Å²) in [6.45, 7) is 2.13. The zero-order valence-electron chi connectivity index (χ0n) is 25.2. The first-order chi connectivity index (χ1) is 22.6. The molecular weight excluding hydrogens is 583 g/mol. The van der Waals surface area contributed by atoms with E-state index in [1.54, 1.807) is 0 Å². The van der Waals surface area contributed by atoms with Crippen LogP contribution in [0.25, 0.3) is 56.0 Å². The number of fused-ring (bicyclic) bond motifs is 3. The van der Waals surface area contributed by atoms with Crippen molar-refractivity contribution in [1.82, 2.24) is 19.1 Å². The fraction of sp³-hybridized carbons (Fsp3) is 0.0500. The maximum atomic E-state index is 15.6. The first-order valence-electron chi connectivity index (χ1n) is 15.6. The standard InChI is InChI=1S/C40H29N4OP/c1-2-38-41-33-25-29(26-37-39(33)44(38)35-19-11-12-20-36(35)46(37,45)31-15-7-4-8-16-31)27-21-23-28(24-22-27)40-42-32-17-9-10-18-34(32)43(40)30-13-5-3-6-14-30/h3-26H,2H2,1H3. The Hall–Kier alpha value is -5.51. The molecule has 1 unspecified atom stereocenters. The number of para-hydroxylation sites is 4. The second kappa shape index (κ2) is 10.3. The van der Waals surface area contributed by atoms with Gasteiger partial charge in [0.15, 0.2) is 7.14 Å². The summed E-state index contributed by atoms with van der Waals surface area (Å²) >= 11 is 0. The van der Waals surface area contributed by atoms with Gasteiger partial charge in [-0.1, -0.05) is 104 Å². The third-order valence-electron chi connectivity index (χ3n) is 9.09. The Morgan fingerprint density at radius 1 is 0.587 bits per heavy atom. The lowest BCUT2D eigenvalue weighted by Gasteiger charge is -2.29. The Morgan fingerprint density at radius 3 is 2.04 bits per heavy atom. The molecule has 0 aliphatic carbocycles. The normalized spacial score (nSPS) is 15.3. The van der Waals surface area contributed by atoms with E-state index in [4.69, 9.17) is 9.97 Å². The minimum Gasteiger partial charge on any atom is -0.308 e. The molecule has 0 amide bonds. The molecule has 2 aromatic heterocycles. The minimum atomic E-state index is -3.20. The Kier molecular flexibility index (Phi) is 5.99. The van der Waals surface area contributed by atoms with Crippen molar-refractivity contribution < 1.29 is 4.57 Å². The smallest absolute Gasteiger partial charge is 0.175 e. The molecule has 1 atom stereocenters. The van der Waals surface area contributed by atoms with Crippen molar-refractivity contribution in [2.24, 2.45) is 0 Å². The van der Waals surface area contributed by atoms with Gasteiger partial charge in [0, 0.05) is 33.6 Å². The molecule has 8 aromatic rings. The highest BCUT2D eigenvalue weighted by molar-refractivity contribution is 7.86. The van der Waals surface area contributed by atoms with Crippen molar-refractivity contribution in [3.05, 3.63) is 151 Å². The average Bonchev–Trinajstić information content (AvgIpc) is 3.70. The number of hydrogen-bond donors (Lipinski definition) is 0. The first-order valence-corrected chi connectivity index (χ1v) is 17.3. The van der Waals surface area contributed by atoms with Crippen LogP contribution in [0.3, 0.4) is 0 Å². The molecule has 6 aromatic carbocycles. The van der Waals surface area contributed by atoms with Crippen LogP contribution in [0.2, 0.25) is 0 Å². The quantitative estimate of drug-likeness (QED) is 0.184. The summed E-state index contributed by atoms with van der Waals surface area (Å²) < 4.78 is 20.0. The van der Waals surface area contributed by atoms with Crippen LogP contribution in [0.5, 0.6) is 0 Å².